The Balaban J connectivity index is 2.29. The van der Waals surface area contributed by atoms with E-state index in [-0.39, 0.29) is 0 Å². The second-order valence-corrected chi connectivity index (χ2v) is 5.49. The molecule has 1 aliphatic rings. The maximum absolute atomic E-state index is 10.5. The summed E-state index contributed by atoms with van der Waals surface area (Å²) in [5.41, 5.74) is -0.546. The Morgan fingerprint density at radius 2 is 1.76 bits per heavy atom. The summed E-state index contributed by atoms with van der Waals surface area (Å²) < 4.78 is 0. The van der Waals surface area contributed by atoms with Crippen LogP contribution in [0.1, 0.15) is 43.8 Å². The third-order valence-electron chi connectivity index (χ3n) is 3.50. The molecule has 1 aliphatic carbocycles. The molecule has 0 aliphatic heterocycles. The molecule has 17 heavy (non-hydrogen) atoms. The predicted octanol–water partition coefficient (Wildman–Crippen LogP) is 3.72. The average Bonchev–Trinajstić information content (AvgIpc) is 2.33. The van der Waals surface area contributed by atoms with Gasteiger partial charge in [0.2, 0.25) is 0 Å². The first kappa shape index (κ1) is 13.2. The van der Waals surface area contributed by atoms with Gasteiger partial charge in [-0.05, 0) is 18.9 Å². The normalized spacial score (nSPS) is 21.2. The summed E-state index contributed by atoms with van der Waals surface area (Å²) in [4.78, 5) is 0. The SMILES string of the molecule is OC(c1cccc(Cl)c1Cl)C1(O)CCCCC1. The van der Waals surface area contributed by atoms with Gasteiger partial charge in [0.1, 0.15) is 6.10 Å². The first-order valence-electron chi connectivity index (χ1n) is 5.89. The van der Waals surface area contributed by atoms with Crippen molar-refractivity contribution in [2.75, 3.05) is 0 Å². The molecular weight excluding hydrogens is 259 g/mol. The van der Waals surface area contributed by atoms with E-state index in [4.69, 9.17) is 23.2 Å². The monoisotopic (exact) mass is 274 g/mol. The molecule has 1 atom stereocenters. The van der Waals surface area contributed by atoms with Gasteiger partial charge in [-0.3, -0.25) is 0 Å². The summed E-state index contributed by atoms with van der Waals surface area (Å²) in [5.74, 6) is 0. The van der Waals surface area contributed by atoms with Crippen molar-refractivity contribution in [1.29, 1.82) is 0 Å². The number of rotatable bonds is 2. The molecule has 94 valence electrons. The maximum atomic E-state index is 10.5. The van der Waals surface area contributed by atoms with E-state index in [0.29, 0.717) is 28.5 Å². The maximum Gasteiger partial charge on any atom is 0.109 e. The number of aliphatic hydroxyl groups is 2. The van der Waals surface area contributed by atoms with Gasteiger partial charge < -0.3 is 10.2 Å². The quantitative estimate of drug-likeness (QED) is 0.863. The predicted molar refractivity (Wildman–Crippen MR) is 69.5 cm³/mol. The molecule has 1 saturated carbocycles. The van der Waals surface area contributed by atoms with Gasteiger partial charge in [0, 0.05) is 5.56 Å². The Hall–Kier alpha value is -0.280. The fourth-order valence-corrected chi connectivity index (χ4v) is 2.87. The Morgan fingerprint density at radius 1 is 1.12 bits per heavy atom. The van der Waals surface area contributed by atoms with Crippen LogP contribution in [-0.2, 0) is 0 Å². The largest absolute Gasteiger partial charge is 0.387 e. The van der Waals surface area contributed by atoms with Crippen LogP contribution < -0.4 is 0 Å². The number of hydrogen-bond donors (Lipinski definition) is 2. The molecular formula is C13H16Cl2O2. The number of benzene rings is 1. The van der Waals surface area contributed by atoms with E-state index >= 15 is 0 Å². The van der Waals surface area contributed by atoms with Crippen LogP contribution in [0.15, 0.2) is 18.2 Å². The second-order valence-electron chi connectivity index (χ2n) is 4.71. The third kappa shape index (κ3) is 2.60. The summed E-state index contributed by atoms with van der Waals surface area (Å²) in [6.45, 7) is 0. The molecule has 1 fully saturated rings. The van der Waals surface area contributed by atoms with E-state index in [2.05, 4.69) is 0 Å². The van der Waals surface area contributed by atoms with Gasteiger partial charge in [-0.15, -0.1) is 0 Å². The lowest BCUT2D eigenvalue weighted by Gasteiger charge is -2.36. The van der Waals surface area contributed by atoms with Crippen molar-refractivity contribution >= 4 is 23.2 Å². The highest BCUT2D eigenvalue weighted by Crippen LogP contribution is 2.41. The van der Waals surface area contributed by atoms with Crippen LogP contribution in [0.2, 0.25) is 10.0 Å². The average molecular weight is 275 g/mol. The third-order valence-corrected chi connectivity index (χ3v) is 4.34. The lowest BCUT2D eigenvalue weighted by molar-refractivity contribution is -0.0991. The van der Waals surface area contributed by atoms with Crippen molar-refractivity contribution < 1.29 is 10.2 Å². The van der Waals surface area contributed by atoms with E-state index in [9.17, 15) is 10.2 Å². The molecule has 0 spiro atoms. The Bertz CT molecular complexity index is 400. The second kappa shape index (κ2) is 5.15. The number of halogens is 2. The number of aliphatic hydroxyl groups excluding tert-OH is 1. The summed E-state index contributed by atoms with van der Waals surface area (Å²) in [6, 6.07) is 5.12. The summed E-state index contributed by atoms with van der Waals surface area (Å²) >= 11 is 12.0. The Kier molecular flexibility index (Phi) is 3.99. The molecule has 0 bridgehead atoms. The van der Waals surface area contributed by atoms with Crippen LogP contribution in [-0.4, -0.2) is 15.8 Å². The van der Waals surface area contributed by atoms with Crippen LogP contribution >= 0.6 is 23.2 Å². The van der Waals surface area contributed by atoms with Crippen LogP contribution in [0.25, 0.3) is 0 Å². The molecule has 0 heterocycles. The minimum Gasteiger partial charge on any atom is -0.387 e. The van der Waals surface area contributed by atoms with Crippen molar-refractivity contribution in [3.05, 3.63) is 33.8 Å². The first-order valence-corrected chi connectivity index (χ1v) is 6.64. The zero-order chi connectivity index (χ0) is 12.5. The van der Waals surface area contributed by atoms with Crippen molar-refractivity contribution in [2.45, 2.75) is 43.8 Å². The Labute approximate surface area is 111 Å². The molecule has 0 radical (unpaired) electrons. The standard InChI is InChI=1S/C13H16Cl2O2/c14-10-6-4-5-9(11(10)15)12(16)13(17)7-2-1-3-8-13/h4-6,12,16-17H,1-3,7-8H2. The van der Waals surface area contributed by atoms with Crippen LogP contribution in [0.4, 0.5) is 0 Å². The molecule has 2 nitrogen and oxygen atoms in total. The highest BCUT2D eigenvalue weighted by molar-refractivity contribution is 6.42. The van der Waals surface area contributed by atoms with Crippen LogP contribution in [0, 0.1) is 0 Å². The molecule has 4 heteroatoms. The summed E-state index contributed by atoms with van der Waals surface area (Å²) in [6.07, 6.45) is 3.23. The molecule has 1 aromatic carbocycles. The van der Waals surface area contributed by atoms with Gasteiger partial charge in [0.15, 0.2) is 0 Å². The first-order chi connectivity index (χ1) is 8.04. The zero-order valence-electron chi connectivity index (χ0n) is 9.50. The molecule has 0 aromatic heterocycles. The molecule has 2 N–H and O–H groups in total. The molecule has 2 rings (SSSR count). The van der Waals surface area contributed by atoms with Crippen LogP contribution in [0.5, 0.6) is 0 Å². The van der Waals surface area contributed by atoms with Gasteiger partial charge in [0.25, 0.3) is 0 Å². The minimum absolute atomic E-state index is 0.334. The van der Waals surface area contributed by atoms with Crippen molar-refractivity contribution in [2.24, 2.45) is 0 Å². The molecule has 1 unspecified atom stereocenters. The van der Waals surface area contributed by atoms with E-state index in [0.717, 1.165) is 19.3 Å². The highest BCUT2D eigenvalue weighted by Gasteiger charge is 2.38. The fourth-order valence-electron chi connectivity index (χ4n) is 2.46. The van der Waals surface area contributed by atoms with Crippen molar-refractivity contribution in [3.8, 4) is 0 Å². The van der Waals surface area contributed by atoms with E-state index < -0.39 is 11.7 Å². The smallest absolute Gasteiger partial charge is 0.109 e. The summed E-state index contributed by atoms with van der Waals surface area (Å²) in [7, 11) is 0. The zero-order valence-corrected chi connectivity index (χ0v) is 11.0. The Morgan fingerprint density at radius 3 is 2.41 bits per heavy atom. The van der Waals surface area contributed by atoms with Crippen LogP contribution in [0.3, 0.4) is 0 Å². The lowest BCUT2D eigenvalue weighted by atomic mass is 9.78. The van der Waals surface area contributed by atoms with Gasteiger partial charge in [-0.25, -0.2) is 0 Å². The number of hydrogen-bond acceptors (Lipinski definition) is 2. The van der Waals surface area contributed by atoms with Gasteiger partial charge in [-0.1, -0.05) is 54.6 Å². The lowest BCUT2D eigenvalue weighted by Crippen LogP contribution is -2.38. The molecule has 0 amide bonds. The minimum atomic E-state index is -1.06. The van der Waals surface area contributed by atoms with E-state index in [1.54, 1.807) is 18.2 Å². The van der Waals surface area contributed by atoms with E-state index in [1.165, 1.54) is 0 Å². The van der Waals surface area contributed by atoms with Crippen molar-refractivity contribution in [1.82, 2.24) is 0 Å². The highest BCUT2D eigenvalue weighted by atomic mass is 35.5. The van der Waals surface area contributed by atoms with Gasteiger partial charge >= 0.3 is 0 Å². The molecule has 1 aromatic rings. The topological polar surface area (TPSA) is 40.5 Å². The summed E-state index contributed by atoms with van der Waals surface area (Å²) in [5, 5.41) is 21.5. The van der Waals surface area contributed by atoms with Crippen molar-refractivity contribution in [3.63, 3.8) is 0 Å². The van der Waals surface area contributed by atoms with E-state index in [1.807, 2.05) is 0 Å². The van der Waals surface area contributed by atoms with Gasteiger partial charge in [-0.2, -0.15) is 0 Å². The fraction of sp³-hybridized carbons (Fsp3) is 0.538. The molecule has 0 saturated heterocycles. The van der Waals surface area contributed by atoms with Gasteiger partial charge in [0.05, 0.1) is 15.6 Å².